The van der Waals surface area contributed by atoms with Crippen molar-refractivity contribution in [2.75, 3.05) is 0 Å². The molecule has 0 radical (unpaired) electrons. The van der Waals surface area contributed by atoms with Crippen LogP contribution >= 0.6 is 31.9 Å². The fourth-order valence-corrected chi connectivity index (χ4v) is 2.52. The van der Waals surface area contributed by atoms with E-state index in [1.807, 2.05) is 33.8 Å². The van der Waals surface area contributed by atoms with Gasteiger partial charge < -0.3 is 10.6 Å². The largest absolute Gasteiger partial charge is 0.350 e. The highest BCUT2D eigenvalue weighted by molar-refractivity contribution is 9.11. The van der Waals surface area contributed by atoms with Gasteiger partial charge in [-0.2, -0.15) is 0 Å². The molecule has 1 heterocycles. The molecule has 1 amide bonds. The van der Waals surface area contributed by atoms with Crippen molar-refractivity contribution in [1.82, 2.24) is 15.6 Å². The molecule has 1 rings (SSSR count). The number of halogens is 2. The molecular formula is C13H19Br2N3O. The highest BCUT2D eigenvalue weighted by atomic mass is 79.9. The predicted octanol–water partition coefficient (Wildman–Crippen LogP) is 3.00. The average molecular weight is 393 g/mol. The summed E-state index contributed by atoms with van der Waals surface area (Å²) >= 11 is 6.81. The van der Waals surface area contributed by atoms with Crippen molar-refractivity contribution in [2.45, 2.75) is 45.8 Å². The zero-order chi connectivity index (χ0) is 14.6. The second-order valence-corrected chi connectivity index (χ2v) is 7.19. The molecule has 0 spiro atoms. The molecule has 0 saturated carbocycles. The van der Waals surface area contributed by atoms with Gasteiger partial charge in [-0.15, -0.1) is 0 Å². The first-order valence-corrected chi connectivity index (χ1v) is 7.63. The normalized spacial score (nSPS) is 13.2. The van der Waals surface area contributed by atoms with Crippen LogP contribution in [0.3, 0.4) is 0 Å². The first-order chi connectivity index (χ1) is 8.69. The topological polar surface area (TPSA) is 54.0 Å². The van der Waals surface area contributed by atoms with Crippen molar-refractivity contribution in [2.24, 2.45) is 0 Å². The van der Waals surface area contributed by atoms with Crippen molar-refractivity contribution in [3.8, 4) is 0 Å². The second kappa shape index (κ2) is 6.81. The van der Waals surface area contributed by atoms with Gasteiger partial charge in [-0.1, -0.05) is 0 Å². The van der Waals surface area contributed by atoms with Crippen LogP contribution in [0.4, 0.5) is 0 Å². The highest BCUT2D eigenvalue weighted by Crippen LogP contribution is 2.19. The maximum Gasteiger partial charge on any atom is 0.237 e. The average Bonchev–Trinajstić information content (AvgIpc) is 2.25. The molecule has 1 atom stereocenters. The lowest BCUT2D eigenvalue weighted by Crippen LogP contribution is -2.49. The summed E-state index contributed by atoms with van der Waals surface area (Å²) in [6.45, 7) is 8.26. The van der Waals surface area contributed by atoms with E-state index in [1.165, 1.54) is 0 Å². The van der Waals surface area contributed by atoms with Gasteiger partial charge in [0.1, 0.15) is 0 Å². The summed E-state index contributed by atoms with van der Waals surface area (Å²) in [6.07, 6.45) is 1.74. The Morgan fingerprint density at radius 3 is 2.58 bits per heavy atom. The summed E-state index contributed by atoms with van der Waals surface area (Å²) in [5, 5.41) is 6.10. The van der Waals surface area contributed by atoms with E-state index in [1.54, 1.807) is 6.20 Å². The first kappa shape index (κ1) is 16.6. The molecular weight excluding hydrogens is 374 g/mol. The maximum atomic E-state index is 11.9. The number of pyridine rings is 1. The lowest BCUT2D eigenvalue weighted by atomic mass is 10.1. The van der Waals surface area contributed by atoms with Crippen LogP contribution in [0, 0.1) is 0 Å². The monoisotopic (exact) mass is 391 g/mol. The smallest absolute Gasteiger partial charge is 0.237 e. The van der Waals surface area contributed by atoms with Crippen molar-refractivity contribution >= 4 is 37.8 Å². The van der Waals surface area contributed by atoms with Crippen molar-refractivity contribution in [1.29, 1.82) is 0 Å². The van der Waals surface area contributed by atoms with Crippen molar-refractivity contribution in [3.05, 3.63) is 26.9 Å². The molecule has 0 saturated heterocycles. The Morgan fingerprint density at radius 2 is 2.05 bits per heavy atom. The van der Waals surface area contributed by atoms with Crippen LogP contribution < -0.4 is 10.6 Å². The van der Waals surface area contributed by atoms with E-state index < -0.39 is 0 Å². The minimum absolute atomic E-state index is 0.0132. The van der Waals surface area contributed by atoms with Gasteiger partial charge in [0.25, 0.3) is 0 Å². The van der Waals surface area contributed by atoms with Gasteiger partial charge in [-0.25, -0.2) is 0 Å². The number of nitrogens with zero attached hydrogens (tertiary/aromatic N) is 1. The number of carbonyl (C=O) groups is 1. The fraction of sp³-hybridized carbons (Fsp3) is 0.538. The van der Waals surface area contributed by atoms with Crippen LogP contribution in [-0.4, -0.2) is 22.5 Å². The number of carbonyl (C=O) groups excluding carboxylic acids is 1. The number of amides is 1. The van der Waals surface area contributed by atoms with Gasteiger partial charge in [0.05, 0.1) is 11.7 Å². The molecule has 0 aromatic carbocycles. The molecule has 2 N–H and O–H groups in total. The van der Waals surface area contributed by atoms with Crippen LogP contribution in [0.2, 0.25) is 0 Å². The number of hydrogen-bond donors (Lipinski definition) is 2. The van der Waals surface area contributed by atoms with Gasteiger partial charge in [0, 0.05) is 27.2 Å². The van der Waals surface area contributed by atoms with Crippen LogP contribution in [-0.2, 0) is 11.3 Å². The van der Waals surface area contributed by atoms with Crippen molar-refractivity contribution < 1.29 is 4.79 Å². The lowest BCUT2D eigenvalue weighted by molar-refractivity contribution is -0.124. The molecule has 1 aromatic rings. The molecule has 1 unspecified atom stereocenters. The van der Waals surface area contributed by atoms with Crippen LogP contribution in [0.1, 0.15) is 33.4 Å². The van der Waals surface area contributed by atoms with E-state index in [4.69, 9.17) is 0 Å². The van der Waals surface area contributed by atoms with E-state index in [0.29, 0.717) is 6.54 Å². The van der Waals surface area contributed by atoms with E-state index in [9.17, 15) is 4.79 Å². The van der Waals surface area contributed by atoms with Crippen LogP contribution in [0.25, 0.3) is 0 Å². The van der Waals surface area contributed by atoms with E-state index in [-0.39, 0.29) is 17.5 Å². The third-order valence-electron chi connectivity index (χ3n) is 2.35. The standard InChI is InChI=1S/C13H19Br2N3O/c1-8(12(19)18-13(2,3)4)16-7-11-10(15)5-9(14)6-17-11/h5-6,8,16H,7H2,1-4H3,(H,18,19). The third kappa shape index (κ3) is 6.01. The first-order valence-electron chi connectivity index (χ1n) is 6.04. The molecule has 1 aromatic heterocycles. The molecule has 0 aliphatic carbocycles. The highest BCUT2D eigenvalue weighted by Gasteiger charge is 2.19. The fourth-order valence-electron chi connectivity index (χ4n) is 1.39. The molecule has 4 nitrogen and oxygen atoms in total. The minimum Gasteiger partial charge on any atom is -0.350 e. The second-order valence-electron chi connectivity index (χ2n) is 5.42. The molecule has 0 aliphatic rings. The van der Waals surface area contributed by atoms with Gasteiger partial charge in [0.15, 0.2) is 0 Å². The van der Waals surface area contributed by atoms with Crippen LogP contribution in [0.15, 0.2) is 21.2 Å². The van der Waals surface area contributed by atoms with Gasteiger partial charge in [0.2, 0.25) is 5.91 Å². The quantitative estimate of drug-likeness (QED) is 0.827. The number of hydrogen-bond acceptors (Lipinski definition) is 3. The lowest BCUT2D eigenvalue weighted by Gasteiger charge is -2.23. The Hall–Kier alpha value is -0.460. The molecule has 6 heteroatoms. The third-order valence-corrected chi connectivity index (χ3v) is 3.47. The Bertz CT molecular complexity index is 458. The van der Waals surface area contributed by atoms with Crippen molar-refractivity contribution in [3.63, 3.8) is 0 Å². The van der Waals surface area contributed by atoms with E-state index in [0.717, 1.165) is 14.6 Å². The Balaban J connectivity index is 2.54. The Labute approximate surface area is 131 Å². The summed E-state index contributed by atoms with van der Waals surface area (Å²) in [5.74, 6) is -0.0132. The van der Waals surface area contributed by atoms with E-state index >= 15 is 0 Å². The van der Waals surface area contributed by atoms with E-state index in [2.05, 4.69) is 47.5 Å². The Kier molecular flexibility index (Phi) is 5.95. The molecule has 19 heavy (non-hydrogen) atoms. The summed E-state index contributed by atoms with van der Waals surface area (Å²) in [7, 11) is 0. The van der Waals surface area contributed by atoms with Gasteiger partial charge >= 0.3 is 0 Å². The molecule has 0 aliphatic heterocycles. The minimum atomic E-state index is -0.267. The zero-order valence-electron chi connectivity index (χ0n) is 11.6. The Morgan fingerprint density at radius 1 is 1.42 bits per heavy atom. The molecule has 0 fully saturated rings. The van der Waals surface area contributed by atoms with Crippen LogP contribution in [0.5, 0.6) is 0 Å². The zero-order valence-corrected chi connectivity index (χ0v) is 14.7. The summed E-state index contributed by atoms with van der Waals surface area (Å²) in [4.78, 5) is 16.2. The summed E-state index contributed by atoms with van der Waals surface area (Å²) in [6, 6.07) is 1.67. The molecule has 106 valence electrons. The number of rotatable bonds is 4. The predicted molar refractivity (Wildman–Crippen MR) is 83.8 cm³/mol. The molecule has 0 bridgehead atoms. The van der Waals surface area contributed by atoms with Gasteiger partial charge in [-0.05, 0) is 65.6 Å². The SMILES string of the molecule is CC(NCc1ncc(Br)cc1Br)C(=O)NC(C)(C)C. The van der Waals surface area contributed by atoms with Gasteiger partial charge in [-0.3, -0.25) is 9.78 Å². The summed E-state index contributed by atoms with van der Waals surface area (Å²) in [5.41, 5.74) is 0.655. The maximum absolute atomic E-state index is 11.9. The number of aromatic nitrogens is 1. The number of nitrogens with one attached hydrogen (secondary N) is 2. The summed E-state index contributed by atoms with van der Waals surface area (Å²) < 4.78 is 1.83.